The first kappa shape index (κ1) is 8.19. The molecule has 0 aliphatic carbocycles. The molecule has 0 amide bonds. The lowest BCUT2D eigenvalue weighted by molar-refractivity contribution is 0.0594. The molecule has 0 saturated heterocycles. The van der Waals surface area contributed by atoms with Crippen molar-refractivity contribution in [1.29, 1.82) is 0 Å². The Kier molecular flexibility index (Phi) is 1.98. The molecule has 2 heterocycles. The molecule has 0 spiro atoms. The van der Waals surface area contributed by atoms with Gasteiger partial charge in [0.25, 0.3) is 0 Å². The van der Waals surface area contributed by atoms with Gasteiger partial charge in [0, 0.05) is 6.20 Å². The smallest absolute Gasteiger partial charge is 0.356 e. The van der Waals surface area contributed by atoms with E-state index in [4.69, 9.17) is 0 Å². The largest absolute Gasteiger partial charge is 0.464 e. The van der Waals surface area contributed by atoms with Crippen LogP contribution in [0, 0.1) is 0 Å². The van der Waals surface area contributed by atoms with Gasteiger partial charge >= 0.3 is 5.97 Å². The molecule has 0 atom stereocenters. The summed E-state index contributed by atoms with van der Waals surface area (Å²) in [5.41, 5.74) is 0.355. The molecule has 0 fully saturated rings. The molecule has 2 rings (SSSR count). The average Bonchev–Trinajstić information content (AvgIpc) is 2.63. The Bertz CT molecular complexity index is 450. The monoisotopic (exact) mass is 193 g/mol. The van der Waals surface area contributed by atoms with Gasteiger partial charge in [-0.2, -0.15) is 0 Å². The van der Waals surface area contributed by atoms with Crippen LogP contribution >= 0.6 is 11.3 Å². The second kappa shape index (κ2) is 3.14. The van der Waals surface area contributed by atoms with Crippen LogP contribution in [0.3, 0.4) is 0 Å². The van der Waals surface area contributed by atoms with Crippen LogP contribution in [0.15, 0.2) is 23.7 Å². The summed E-state index contributed by atoms with van der Waals surface area (Å²) in [6, 6.07) is 3.69. The van der Waals surface area contributed by atoms with Crippen molar-refractivity contribution < 1.29 is 9.53 Å². The third-order valence-corrected chi connectivity index (χ3v) is 2.60. The summed E-state index contributed by atoms with van der Waals surface area (Å²) in [7, 11) is 1.35. The van der Waals surface area contributed by atoms with Crippen LogP contribution in [-0.4, -0.2) is 18.1 Å². The molecule has 0 aliphatic heterocycles. The third kappa shape index (κ3) is 1.40. The summed E-state index contributed by atoms with van der Waals surface area (Å²) in [5.74, 6) is -0.395. The summed E-state index contributed by atoms with van der Waals surface area (Å²) >= 11 is 1.60. The zero-order valence-electron chi connectivity index (χ0n) is 6.98. The van der Waals surface area contributed by atoms with E-state index in [0.29, 0.717) is 5.69 Å². The number of methoxy groups -OCH3 is 1. The fraction of sp³-hybridized carbons (Fsp3) is 0.111. The van der Waals surface area contributed by atoms with E-state index < -0.39 is 5.97 Å². The molecule has 2 aromatic heterocycles. The molecule has 3 nitrogen and oxygen atoms in total. The highest BCUT2D eigenvalue weighted by Crippen LogP contribution is 2.20. The average molecular weight is 193 g/mol. The van der Waals surface area contributed by atoms with Gasteiger partial charge in [-0.25, -0.2) is 9.78 Å². The second-order valence-corrected chi connectivity index (χ2v) is 3.47. The SMILES string of the molecule is COC(=O)c1cc2ccsc2cn1. The number of hydrogen-bond donors (Lipinski definition) is 0. The van der Waals surface area contributed by atoms with E-state index >= 15 is 0 Å². The number of esters is 1. The normalized spacial score (nSPS) is 10.2. The summed E-state index contributed by atoms with van der Waals surface area (Å²) < 4.78 is 5.64. The Morgan fingerprint density at radius 1 is 1.62 bits per heavy atom. The third-order valence-electron chi connectivity index (χ3n) is 1.73. The van der Waals surface area contributed by atoms with Gasteiger partial charge in [0.2, 0.25) is 0 Å². The predicted molar refractivity (Wildman–Crippen MR) is 51.0 cm³/mol. The molecule has 0 saturated carbocycles. The van der Waals surface area contributed by atoms with Gasteiger partial charge in [-0.15, -0.1) is 11.3 Å². The fourth-order valence-electron chi connectivity index (χ4n) is 1.08. The van der Waals surface area contributed by atoms with Crippen molar-refractivity contribution in [2.24, 2.45) is 0 Å². The molecule has 0 radical (unpaired) electrons. The molecular weight excluding hydrogens is 186 g/mol. The summed E-state index contributed by atoms with van der Waals surface area (Å²) in [6.45, 7) is 0. The number of nitrogens with zero attached hydrogens (tertiary/aromatic N) is 1. The number of carbonyl (C=O) groups is 1. The molecular formula is C9H7NO2S. The number of fused-ring (bicyclic) bond motifs is 1. The lowest BCUT2D eigenvalue weighted by Crippen LogP contribution is -2.02. The topological polar surface area (TPSA) is 39.2 Å². The van der Waals surface area contributed by atoms with E-state index in [2.05, 4.69) is 9.72 Å². The number of rotatable bonds is 1. The van der Waals surface area contributed by atoms with Gasteiger partial charge < -0.3 is 4.74 Å². The molecule has 2 aromatic rings. The molecule has 66 valence electrons. The van der Waals surface area contributed by atoms with Crippen molar-refractivity contribution in [1.82, 2.24) is 4.98 Å². The zero-order chi connectivity index (χ0) is 9.26. The molecule has 13 heavy (non-hydrogen) atoms. The second-order valence-electron chi connectivity index (χ2n) is 2.52. The van der Waals surface area contributed by atoms with Crippen molar-refractivity contribution in [3.63, 3.8) is 0 Å². The summed E-state index contributed by atoms with van der Waals surface area (Å²) in [4.78, 5) is 15.1. The van der Waals surface area contributed by atoms with Crippen LogP contribution in [-0.2, 0) is 4.74 Å². The highest BCUT2D eigenvalue weighted by Gasteiger charge is 2.07. The quantitative estimate of drug-likeness (QED) is 0.651. The van der Waals surface area contributed by atoms with Gasteiger partial charge in [0.15, 0.2) is 0 Å². The molecule has 4 heteroatoms. The number of ether oxygens (including phenoxy) is 1. The van der Waals surface area contributed by atoms with Crippen molar-refractivity contribution in [2.75, 3.05) is 7.11 Å². The van der Waals surface area contributed by atoms with Crippen LogP contribution in [0.5, 0.6) is 0 Å². The molecule has 0 aliphatic rings. The zero-order valence-corrected chi connectivity index (χ0v) is 7.80. The Balaban J connectivity index is 2.54. The van der Waals surface area contributed by atoms with Crippen LogP contribution in [0.25, 0.3) is 10.1 Å². The van der Waals surface area contributed by atoms with E-state index in [0.717, 1.165) is 10.1 Å². The summed E-state index contributed by atoms with van der Waals surface area (Å²) in [5, 5.41) is 2.99. The number of aromatic nitrogens is 1. The van der Waals surface area contributed by atoms with E-state index in [9.17, 15) is 4.79 Å². The van der Waals surface area contributed by atoms with Gasteiger partial charge in [0.1, 0.15) is 5.69 Å². The van der Waals surface area contributed by atoms with E-state index in [-0.39, 0.29) is 0 Å². The first-order valence-corrected chi connectivity index (χ1v) is 4.61. The van der Waals surface area contributed by atoms with E-state index in [1.54, 1.807) is 23.6 Å². The van der Waals surface area contributed by atoms with Crippen molar-refractivity contribution >= 4 is 27.4 Å². The number of pyridine rings is 1. The van der Waals surface area contributed by atoms with E-state index in [1.165, 1.54) is 7.11 Å². The van der Waals surface area contributed by atoms with Crippen LogP contribution < -0.4 is 0 Å². The molecule has 0 aromatic carbocycles. The van der Waals surface area contributed by atoms with Crippen LogP contribution in [0.2, 0.25) is 0 Å². The Morgan fingerprint density at radius 3 is 3.23 bits per heavy atom. The molecule has 0 bridgehead atoms. The van der Waals surface area contributed by atoms with Gasteiger partial charge in [0.05, 0.1) is 11.8 Å². The van der Waals surface area contributed by atoms with Crippen molar-refractivity contribution in [2.45, 2.75) is 0 Å². The minimum Gasteiger partial charge on any atom is -0.464 e. The maximum absolute atomic E-state index is 11.1. The molecule has 0 N–H and O–H groups in total. The van der Waals surface area contributed by atoms with Gasteiger partial charge in [-0.1, -0.05) is 0 Å². The minimum absolute atomic E-state index is 0.355. The van der Waals surface area contributed by atoms with Crippen molar-refractivity contribution in [3.05, 3.63) is 29.4 Å². The van der Waals surface area contributed by atoms with Gasteiger partial charge in [-0.05, 0) is 22.9 Å². The first-order chi connectivity index (χ1) is 6.31. The highest BCUT2D eigenvalue weighted by molar-refractivity contribution is 7.17. The Hall–Kier alpha value is -1.42. The van der Waals surface area contributed by atoms with E-state index in [1.807, 2.05) is 11.4 Å². The maximum atomic E-state index is 11.1. The number of thiophene rings is 1. The first-order valence-electron chi connectivity index (χ1n) is 3.73. The van der Waals surface area contributed by atoms with Gasteiger partial charge in [-0.3, -0.25) is 0 Å². The Morgan fingerprint density at radius 2 is 2.46 bits per heavy atom. The lowest BCUT2D eigenvalue weighted by atomic mass is 10.3. The molecule has 0 unspecified atom stereocenters. The number of carbonyl (C=O) groups excluding carboxylic acids is 1. The Labute approximate surface area is 79.0 Å². The predicted octanol–water partition coefficient (Wildman–Crippen LogP) is 2.08. The van der Waals surface area contributed by atoms with Crippen molar-refractivity contribution in [3.8, 4) is 0 Å². The standard InChI is InChI=1S/C9H7NO2S/c1-12-9(11)7-4-6-2-3-13-8(6)5-10-7/h2-5H,1H3. The van der Waals surface area contributed by atoms with Crippen LogP contribution in [0.4, 0.5) is 0 Å². The summed E-state index contributed by atoms with van der Waals surface area (Å²) in [6.07, 6.45) is 1.69. The highest BCUT2D eigenvalue weighted by atomic mass is 32.1. The number of hydrogen-bond acceptors (Lipinski definition) is 4. The minimum atomic E-state index is -0.395. The van der Waals surface area contributed by atoms with Crippen LogP contribution in [0.1, 0.15) is 10.5 Å². The maximum Gasteiger partial charge on any atom is 0.356 e. The fourth-order valence-corrected chi connectivity index (χ4v) is 1.82. The lowest BCUT2D eigenvalue weighted by Gasteiger charge is -1.96.